The summed E-state index contributed by atoms with van der Waals surface area (Å²) < 4.78 is 7.46. The number of carbonyl (C=O) groups excluding carboxylic acids is 1. The molecular formula is C32H30N4O2. The first-order valence-corrected chi connectivity index (χ1v) is 13.7. The van der Waals surface area contributed by atoms with Crippen LogP contribution in [0.15, 0.2) is 89.9 Å². The second-order valence-corrected chi connectivity index (χ2v) is 10.6. The van der Waals surface area contributed by atoms with Gasteiger partial charge >= 0.3 is 0 Å². The minimum Gasteiger partial charge on any atom is -0.443 e. The first-order valence-electron chi connectivity index (χ1n) is 13.7. The third-order valence-electron chi connectivity index (χ3n) is 7.92. The van der Waals surface area contributed by atoms with Crippen molar-refractivity contribution < 1.29 is 9.21 Å². The van der Waals surface area contributed by atoms with E-state index in [0.29, 0.717) is 6.04 Å². The Kier molecular flexibility index (Phi) is 5.80. The Morgan fingerprint density at radius 3 is 2.42 bits per heavy atom. The topological polar surface area (TPSA) is 64.2 Å². The van der Waals surface area contributed by atoms with Crippen molar-refractivity contribution in [2.45, 2.75) is 51.0 Å². The quantitative estimate of drug-likeness (QED) is 0.236. The Bertz CT molecular complexity index is 1590. The molecule has 2 aliphatic carbocycles. The summed E-state index contributed by atoms with van der Waals surface area (Å²) in [5, 5.41) is 4.58. The molecule has 38 heavy (non-hydrogen) atoms. The highest BCUT2D eigenvalue weighted by Crippen LogP contribution is 2.37. The van der Waals surface area contributed by atoms with Gasteiger partial charge in [0.25, 0.3) is 0 Å². The van der Waals surface area contributed by atoms with Crippen molar-refractivity contribution in [1.29, 1.82) is 0 Å². The van der Waals surface area contributed by atoms with Crippen molar-refractivity contribution in [3.05, 3.63) is 85.5 Å². The Balaban J connectivity index is 1.24. The van der Waals surface area contributed by atoms with Gasteiger partial charge in [-0.15, -0.1) is 0 Å². The molecule has 3 aromatic carbocycles. The summed E-state index contributed by atoms with van der Waals surface area (Å²) in [6, 6.07) is 23.2. The van der Waals surface area contributed by atoms with Crippen LogP contribution in [0.5, 0.6) is 0 Å². The highest BCUT2D eigenvalue weighted by atomic mass is 16.3. The van der Waals surface area contributed by atoms with E-state index in [1.807, 2.05) is 41.4 Å². The molecule has 2 aliphatic rings. The molecule has 190 valence electrons. The van der Waals surface area contributed by atoms with Crippen LogP contribution in [0.2, 0.25) is 0 Å². The van der Waals surface area contributed by atoms with Crippen LogP contribution in [-0.4, -0.2) is 20.7 Å². The minimum absolute atomic E-state index is 0.0549. The molecule has 6 heteroatoms. The Hall–Kier alpha value is -4.19. The molecular weight excluding hydrogens is 472 g/mol. The zero-order chi connectivity index (χ0) is 25.5. The van der Waals surface area contributed by atoms with E-state index in [-0.39, 0.29) is 11.8 Å². The van der Waals surface area contributed by atoms with Crippen molar-refractivity contribution in [1.82, 2.24) is 14.8 Å². The number of aromatic nitrogens is 3. The normalized spacial score (nSPS) is 16.1. The van der Waals surface area contributed by atoms with Gasteiger partial charge in [0.1, 0.15) is 5.52 Å². The van der Waals surface area contributed by atoms with E-state index in [2.05, 4.69) is 57.4 Å². The van der Waals surface area contributed by atoms with E-state index < -0.39 is 0 Å². The van der Waals surface area contributed by atoms with Crippen LogP contribution in [0.1, 0.15) is 51.0 Å². The second kappa shape index (κ2) is 9.60. The summed E-state index contributed by atoms with van der Waals surface area (Å²) in [6.07, 6.45) is 13.3. The zero-order valence-electron chi connectivity index (χ0n) is 21.3. The van der Waals surface area contributed by atoms with Crippen LogP contribution < -0.4 is 4.90 Å². The van der Waals surface area contributed by atoms with Crippen LogP contribution in [0.25, 0.3) is 33.4 Å². The average molecular weight is 503 g/mol. The van der Waals surface area contributed by atoms with Crippen LogP contribution in [0.4, 0.5) is 11.4 Å². The lowest BCUT2D eigenvalue weighted by Crippen LogP contribution is -2.33. The maximum Gasteiger partial charge on any atom is 0.234 e. The van der Waals surface area contributed by atoms with Gasteiger partial charge < -0.3 is 4.42 Å². The molecule has 0 saturated heterocycles. The summed E-state index contributed by atoms with van der Waals surface area (Å²) in [7, 11) is 0. The van der Waals surface area contributed by atoms with Crippen LogP contribution in [0.3, 0.4) is 0 Å². The molecule has 2 heterocycles. The van der Waals surface area contributed by atoms with Crippen LogP contribution in [-0.2, 0) is 4.79 Å². The maximum atomic E-state index is 14.0. The lowest BCUT2D eigenvalue weighted by atomic mass is 9.88. The van der Waals surface area contributed by atoms with Gasteiger partial charge in [0.05, 0.1) is 12.2 Å². The largest absolute Gasteiger partial charge is 0.443 e. The number of hydrogen-bond acceptors (Lipinski definition) is 4. The molecule has 6 nitrogen and oxygen atoms in total. The van der Waals surface area contributed by atoms with Gasteiger partial charge in [-0.3, -0.25) is 14.4 Å². The Morgan fingerprint density at radius 2 is 1.61 bits per heavy atom. The third kappa shape index (κ3) is 4.40. The van der Waals surface area contributed by atoms with E-state index in [4.69, 9.17) is 4.42 Å². The fraction of sp³-hybridized carbons (Fsp3) is 0.281. The summed E-state index contributed by atoms with van der Waals surface area (Å²) >= 11 is 0. The number of hydrogen-bond donors (Lipinski definition) is 0. The Labute approximate surface area is 221 Å². The Morgan fingerprint density at radius 1 is 0.816 bits per heavy atom. The summed E-state index contributed by atoms with van der Waals surface area (Å²) in [4.78, 5) is 20.2. The summed E-state index contributed by atoms with van der Waals surface area (Å²) in [6.45, 7) is 0. The molecule has 1 amide bonds. The first kappa shape index (κ1) is 23.0. The van der Waals surface area contributed by atoms with E-state index in [1.165, 1.54) is 25.7 Å². The highest BCUT2D eigenvalue weighted by Gasteiger charge is 2.29. The number of rotatable bonds is 6. The molecule has 2 aromatic heterocycles. The standard InChI is InChI=1S/C32H30N4O2/c37-32(23-5-2-1-3-6-23)36(29-8-4-7-24(17-29)26-19-34-35(20-26)27-14-15-27)28-12-9-22(10-13-28)25-11-16-31-30(18-25)33-21-38-31/h4,7-13,16-21,23,27H,1-3,5-6,14-15H2. The van der Waals surface area contributed by atoms with Gasteiger partial charge in [0, 0.05) is 29.1 Å². The van der Waals surface area contributed by atoms with Crippen LogP contribution in [0, 0.1) is 5.92 Å². The SMILES string of the molecule is O=C(C1CCCCC1)N(c1ccc(-c2ccc3ocnc3c2)cc1)c1cccc(-c2cnn(C3CC3)c2)c1. The van der Waals surface area contributed by atoms with Gasteiger partial charge in [-0.1, -0.05) is 49.6 Å². The van der Waals surface area contributed by atoms with Crippen molar-refractivity contribution in [2.75, 3.05) is 4.90 Å². The fourth-order valence-corrected chi connectivity index (χ4v) is 5.63. The molecule has 0 spiro atoms. The monoisotopic (exact) mass is 502 g/mol. The third-order valence-corrected chi connectivity index (χ3v) is 7.92. The first-order chi connectivity index (χ1) is 18.7. The van der Waals surface area contributed by atoms with E-state index in [1.54, 1.807) is 0 Å². The predicted octanol–water partition coefficient (Wildman–Crippen LogP) is 7.94. The number of anilines is 2. The maximum absolute atomic E-state index is 14.0. The molecule has 0 radical (unpaired) electrons. The predicted molar refractivity (Wildman–Crippen MR) is 149 cm³/mol. The smallest absolute Gasteiger partial charge is 0.234 e. The van der Waals surface area contributed by atoms with Gasteiger partial charge in [-0.05, 0) is 78.8 Å². The highest BCUT2D eigenvalue weighted by molar-refractivity contribution is 6.02. The molecule has 0 N–H and O–H groups in total. The molecule has 7 rings (SSSR count). The number of benzene rings is 3. The number of carbonyl (C=O) groups is 1. The number of oxazole rings is 1. The molecule has 0 aliphatic heterocycles. The summed E-state index contributed by atoms with van der Waals surface area (Å²) in [5.41, 5.74) is 7.70. The lowest BCUT2D eigenvalue weighted by Gasteiger charge is -2.30. The molecule has 0 unspecified atom stereocenters. The van der Waals surface area contributed by atoms with E-state index in [0.717, 1.165) is 70.4 Å². The second-order valence-electron chi connectivity index (χ2n) is 10.6. The molecule has 0 atom stereocenters. The lowest BCUT2D eigenvalue weighted by molar-refractivity contribution is -0.122. The van der Waals surface area contributed by atoms with E-state index in [9.17, 15) is 4.79 Å². The fourth-order valence-electron chi connectivity index (χ4n) is 5.63. The van der Waals surface area contributed by atoms with Gasteiger partial charge in [0.15, 0.2) is 12.0 Å². The number of amides is 1. The van der Waals surface area contributed by atoms with Crippen molar-refractivity contribution in [3.8, 4) is 22.3 Å². The average Bonchev–Trinajstić information content (AvgIpc) is 3.50. The molecule has 2 fully saturated rings. The van der Waals surface area contributed by atoms with Gasteiger partial charge in [-0.25, -0.2) is 4.98 Å². The molecule has 0 bridgehead atoms. The van der Waals surface area contributed by atoms with Gasteiger partial charge in [-0.2, -0.15) is 5.10 Å². The number of nitrogens with zero attached hydrogens (tertiary/aromatic N) is 4. The molecule has 5 aromatic rings. The summed E-state index contributed by atoms with van der Waals surface area (Å²) in [5.74, 6) is 0.242. The van der Waals surface area contributed by atoms with Crippen molar-refractivity contribution in [2.24, 2.45) is 5.92 Å². The van der Waals surface area contributed by atoms with E-state index >= 15 is 0 Å². The van der Waals surface area contributed by atoms with Crippen molar-refractivity contribution in [3.63, 3.8) is 0 Å². The number of fused-ring (bicyclic) bond motifs is 1. The minimum atomic E-state index is 0.0549. The van der Waals surface area contributed by atoms with Crippen LogP contribution >= 0.6 is 0 Å². The van der Waals surface area contributed by atoms with Crippen molar-refractivity contribution >= 4 is 28.4 Å². The van der Waals surface area contributed by atoms with Gasteiger partial charge in [0.2, 0.25) is 5.91 Å². The zero-order valence-corrected chi connectivity index (χ0v) is 21.3. The molecule has 2 saturated carbocycles.